The van der Waals surface area contributed by atoms with Gasteiger partial charge in [-0.3, -0.25) is 4.79 Å². The quantitative estimate of drug-likeness (QED) is 0.436. The number of likely N-dealkylation sites (tertiary alicyclic amines) is 1. The third kappa shape index (κ3) is 5.90. The summed E-state index contributed by atoms with van der Waals surface area (Å²) in [6.07, 6.45) is 2.72. The standard InChI is InChI=1S/C28H33ClN4O3/c1-18-6-11-24(19(2)16-18)31-26(34)23-17-30-33(22-9-7-21(29)8-10-22)25(23)20-12-14-32(15-13-20)27(35)36-28(3,4)5/h6-11,16-17,20H,12-15H2,1-5H3,(H,31,34). The predicted molar refractivity (Wildman–Crippen MR) is 142 cm³/mol. The van der Waals surface area contributed by atoms with E-state index in [-0.39, 0.29) is 17.9 Å². The highest BCUT2D eigenvalue weighted by Gasteiger charge is 2.32. The molecule has 0 bridgehead atoms. The first-order valence-corrected chi connectivity index (χ1v) is 12.6. The van der Waals surface area contributed by atoms with Crippen molar-refractivity contribution in [2.24, 2.45) is 0 Å². The van der Waals surface area contributed by atoms with E-state index < -0.39 is 5.60 Å². The number of nitrogens with zero attached hydrogens (tertiary/aromatic N) is 3. The molecule has 0 unspecified atom stereocenters. The van der Waals surface area contributed by atoms with Crippen LogP contribution in [0, 0.1) is 13.8 Å². The van der Waals surface area contributed by atoms with Gasteiger partial charge in [0.15, 0.2) is 0 Å². The molecule has 1 saturated heterocycles. The van der Waals surface area contributed by atoms with Gasteiger partial charge in [-0.15, -0.1) is 0 Å². The van der Waals surface area contributed by atoms with Crippen LogP contribution in [0.3, 0.4) is 0 Å². The zero-order valence-corrected chi connectivity index (χ0v) is 22.2. The van der Waals surface area contributed by atoms with Gasteiger partial charge in [0.1, 0.15) is 5.60 Å². The van der Waals surface area contributed by atoms with Gasteiger partial charge in [-0.2, -0.15) is 5.10 Å². The van der Waals surface area contributed by atoms with Crippen LogP contribution < -0.4 is 5.32 Å². The maximum atomic E-state index is 13.5. The molecular weight excluding hydrogens is 476 g/mol. The van der Waals surface area contributed by atoms with Crippen molar-refractivity contribution < 1.29 is 14.3 Å². The summed E-state index contributed by atoms with van der Waals surface area (Å²) < 4.78 is 7.37. The molecule has 1 aliphatic rings. The first kappa shape index (κ1) is 25.8. The molecule has 1 N–H and O–H groups in total. The van der Waals surface area contributed by atoms with E-state index in [0.717, 1.165) is 28.2 Å². The summed E-state index contributed by atoms with van der Waals surface area (Å²) in [5, 5.41) is 8.29. The number of nitrogens with one attached hydrogen (secondary N) is 1. The van der Waals surface area contributed by atoms with Crippen LogP contribution in [0.2, 0.25) is 5.02 Å². The Morgan fingerprint density at radius 2 is 1.72 bits per heavy atom. The lowest BCUT2D eigenvalue weighted by Crippen LogP contribution is -2.41. The number of rotatable bonds is 4. The van der Waals surface area contributed by atoms with Crippen LogP contribution in [0.15, 0.2) is 48.7 Å². The number of halogens is 1. The first-order chi connectivity index (χ1) is 17.0. The fourth-order valence-corrected chi connectivity index (χ4v) is 4.65. The van der Waals surface area contributed by atoms with Gasteiger partial charge in [-0.05, 0) is 83.4 Å². The second-order valence-corrected chi connectivity index (χ2v) is 10.8. The fourth-order valence-electron chi connectivity index (χ4n) is 4.52. The summed E-state index contributed by atoms with van der Waals surface area (Å²) in [6, 6.07) is 13.3. The molecule has 0 atom stereocenters. The number of anilines is 1. The topological polar surface area (TPSA) is 76.5 Å². The number of aryl methyl sites for hydroxylation is 2. The highest BCUT2D eigenvalue weighted by Crippen LogP contribution is 2.33. The van der Waals surface area contributed by atoms with Crippen molar-refractivity contribution in [3.63, 3.8) is 0 Å². The number of piperidine rings is 1. The number of benzene rings is 2. The fraction of sp³-hybridized carbons (Fsp3) is 0.393. The number of carbonyl (C=O) groups is 2. The molecule has 1 aliphatic heterocycles. The van der Waals surface area contributed by atoms with Gasteiger partial charge in [0.25, 0.3) is 5.91 Å². The number of carbonyl (C=O) groups excluding carboxylic acids is 2. The second-order valence-electron chi connectivity index (χ2n) is 10.3. The lowest BCUT2D eigenvalue weighted by molar-refractivity contribution is 0.0203. The summed E-state index contributed by atoms with van der Waals surface area (Å²) >= 11 is 6.11. The summed E-state index contributed by atoms with van der Waals surface area (Å²) in [4.78, 5) is 27.8. The Kier molecular flexibility index (Phi) is 7.41. The Morgan fingerprint density at radius 1 is 1.06 bits per heavy atom. The Morgan fingerprint density at radius 3 is 2.33 bits per heavy atom. The zero-order chi connectivity index (χ0) is 26.0. The van der Waals surface area contributed by atoms with Gasteiger partial charge in [0, 0.05) is 29.7 Å². The minimum absolute atomic E-state index is 0.0433. The third-order valence-corrected chi connectivity index (χ3v) is 6.54. The molecule has 2 heterocycles. The van der Waals surface area contributed by atoms with Gasteiger partial charge in [0.05, 0.1) is 23.1 Å². The molecule has 0 saturated carbocycles. The smallest absolute Gasteiger partial charge is 0.410 e. The number of hydrogen-bond acceptors (Lipinski definition) is 4. The van der Waals surface area contributed by atoms with Crippen LogP contribution in [-0.4, -0.2) is 45.4 Å². The maximum Gasteiger partial charge on any atom is 0.410 e. The molecule has 190 valence electrons. The van der Waals surface area contributed by atoms with Crippen molar-refractivity contribution >= 4 is 29.3 Å². The predicted octanol–water partition coefficient (Wildman–Crippen LogP) is 6.51. The minimum atomic E-state index is -0.541. The molecule has 3 aromatic rings. The summed E-state index contributed by atoms with van der Waals surface area (Å²) in [6.45, 7) is 10.7. The monoisotopic (exact) mass is 508 g/mol. The SMILES string of the molecule is Cc1ccc(NC(=O)c2cnn(-c3ccc(Cl)cc3)c2C2CCN(C(=O)OC(C)(C)C)CC2)c(C)c1. The van der Waals surface area contributed by atoms with Crippen LogP contribution in [0.4, 0.5) is 10.5 Å². The van der Waals surface area contributed by atoms with Gasteiger partial charge in [-0.25, -0.2) is 9.48 Å². The van der Waals surface area contributed by atoms with Crippen molar-refractivity contribution in [2.45, 2.75) is 59.0 Å². The molecule has 0 aliphatic carbocycles. The zero-order valence-electron chi connectivity index (χ0n) is 21.5. The van der Waals surface area contributed by atoms with Gasteiger partial charge < -0.3 is 15.0 Å². The largest absolute Gasteiger partial charge is 0.444 e. The molecular formula is C28H33ClN4O3. The second kappa shape index (κ2) is 10.3. The van der Waals surface area contributed by atoms with E-state index in [9.17, 15) is 9.59 Å². The highest BCUT2D eigenvalue weighted by molar-refractivity contribution is 6.30. The van der Waals surface area contributed by atoms with Crippen LogP contribution in [-0.2, 0) is 4.74 Å². The number of aromatic nitrogens is 2. The van der Waals surface area contributed by atoms with E-state index in [2.05, 4.69) is 10.4 Å². The molecule has 1 aromatic heterocycles. The number of ether oxygens (including phenoxy) is 1. The number of amides is 2. The normalized spacial score (nSPS) is 14.6. The van der Waals surface area contributed by atoms with E-state index in [1.807, 2.05) is 81.8 Å². The maximum absolute atomic E-state index is 13.5. The lowest BCUT2D eigenvalue weighted by atomic mass is 9.90. The Bertz CT molecular complexity index is 1250. The molecule has 2 aromatic carbocycles. The van der Waals surface area contributed by atoms with Crippen LogP contribution in [0.5, 0.6) is 0 Å². The van der Waals surface area contributed by atoms with E-state index in [0.29, 0.717) is 36.5 Å². The summed E-state index contributed by atoms with van der Waals surface area (Å²) in [5.41, 5.74) is 4.56. The molecule has 36 heavy (non-hydrogen) atoms. The summed E-state index contributed by atoms with van der Waals surface area (Å²) in [5.74, 6) is -0.159. The lowest BCUT2D eigenvalue weighted by Gasteiger charge is -2.34. The number of hydrogen-bond donors (Lipinski definition) is 1. The average molecular weight is 509 g/mol. The van der Waals surface area contributed by atoms with E-state index >= 15 is 0 Å². The molecule has 8 heteroatoms. The highest BCUT2D eigenvalue weighted by atomic mass is 35.5. The van der Waals surface area contributed by atoms with Crippen LogP contribution >= 0.6 is 11.6 Å². The molecule has 1 fully saturated rings. The van der Waals surface area contributed by atoms with Crippen LogP contribution in [0.1, 0.15) is 66.7 Å². The van der Waals surface area contributed by atoms with Crippen LogP contribution in [0.25, 0.3) is 5.69 Å². The molecule has 7 nitrogen and oxygen atoms in total. The first-order valence-electron chi connectivity index (χ1n) is 12.2. The van der Waals surface area contributed by atoms with Gasteiger partial charge >= 0.3 is 6.09 Å². The molecule has 2 amide bonds. The van der Waals surface area contributed by atoms with Crippen molar-refractivity contribution in [3.05, 3.63) is 76.1 Å². The van der Waals surface area contributed by atoms with E-state index in [1.54, 1.807) is 11.1 Å². The Labute approximate surface area is 217 Å². The van der Waals surface area contributed by atoms with E-state index in [1.165, 1.54) is 0 Å². The summed E-state index contributed by atoms with van der Waals surface area (Å²) in [7, 11) is 0. The average Bonchev–Trinajstić information content (AvgIpc) is 3.25. The van der Waals surface area contributed by atoms with Gasteiger partial charge in [-0.1, -0.05) is 29.3 Å². The van der Waals surface area contributed by atoms with Crippen molar-refractivity contribution in [1.29, 1.82) is 0 Å². The Balaban J connectivity index is 1.62. The van der Waals surface area contributed by atoms with Crippen molar-refractivity contribution in [2.75, 3.05) is 18.4 Å². The van der Waals surface area contributed by atoms with E-state index in [4.69, 9.17) is 16.3 Å². The van der Waals surface area contributed by atoms with Gasteiger partial charge in [0.2, 0.25) is 0 Å². The Hall–Kier alpha value is -3.32. The molecule has 0 spiro atoms. The van der Waals surface area contributed by atoms with Crippen molar-refractivity contribution in [1.82, 2.24) is 14.7 Å². The molecule has 4 rings (SSSR count). The third-order valence-electron chi connectivity index (χ3n) is 6.29. The minimum Gasteiger partial charge on any atom is -0.444 e. The van der Waals surface area contributed by atoms with Crippen molar-refractivity contribution in [3.8, 4) is 5.69 Å². The molecule has 0 radical (unpaired) electrons.